The predicted molar refractivity (Wildman–Crippen MR) is 149 cm³/mol. The maximum absolute atomic E-state index is 13.2. The first kappa shape index (κ1) is 24.6. The summed E-state index contributed by atoms with van der Waals surface area (Å²) < 4.78 is 25.6. The lowest BCUT2D eigenvalue weighted by Gasteiger charge is -2.21. The van der Waals surface area contributed by atoms with Crippen LogP contribution in [0, 0.1) is 6.92 Å². The molecule has 37 heavy (non-hydrogen) atoms. The number of fused-ring (bicyclic) bond motifs is 1. The molecule has 0 spiro atoms. The van der Waals surface area contributed by atoms with E-state index in [4.69, 9.17) is 0 Å². The van der Waals surface area contributed by atoms with Gasteiger partial charge in [0.25, 0.3) is 17.2 Å². The number of nitrogens with zero attached hydrogens (tertiary/aromatic N) is 3. The fourth-order valence-electron chi connectivity index (χ4n) is 4.63. The van der Waals surface area contributed by atoms with Crippen LogP contribution in [0.3, 0.4) is 0 Å². The highest BCUT2D eigenvalue weighted by atomic mass is 32.2. The zero-order valence-electron chi connectivity index (χ0n) is 20.7. The first-order chi connectivity index (χ1) is 18.0. The van der Waals surface area contributed by atoms with E-state index in [1.54, 1.807) is 42.5 Å². The largest absolute Gasteiger partial charge is 0.325 e. The van der Waals surface area contributed by atoms with Gasteiger partial charge in [0.15, 0.2) is 0 Å². The molecule has 0 aliphatic heterocycles. The van der Waals surface area contributed by atoms with Crippen LogP contribution < -0.4 is 4.31 Å². The molecule has 0 saturated heterocycles. The number of hydrogen-bond acceptors (Lipinski definition) is 3. The average Bonchev–Trinajstić information content (AvgIpc) is 3.28. The van der Waals surface area contributed by atoms with E-state index in [1.807, 2.05) is 48.7 Å². The van der Waals surface area contributed by atoms with Crippen molar-refractivity contribution in [3.05, 3.63) is 120 Å². The van der Waals surface area contributed by atoms with E-state index in [1.165, 1.54) is 16.6 Å². The monoisotopic (exact) mass is 509 g/mol. The molecule has 0 aliphatic carbocycles. The third-order valence-corrected chi connectivity index (χ3v) is 7.23. The van der Waals surface area contributed by atoms with E-state index in [-0.39, 0.29) is 0 Å². The highest BCUT2D eigenvalue weighted by molar-refractivity contribution is 7.81. The molecular weight excluding hydrogens is 482 g/mol. The summed E-state index contributed by atoms with van der Waals surface area (Å²) in [5.74, 6) is -0.542. The van der Waals surface area contributed by atoms with Crippen molar-refractivity contribution in [1.82, 2.24) is 9.55 Å². The molecule has 0 saturated carbocycles. The summed E-state index contributed by atoms with van der Waals surface area (Å²) in [6.07, 6.45) is 2.76. The predicted octanol–water partition coefficient (Wildman–Crippen LogP) is 6.41. The normalized spacial score (nSPS) is 12.0. The van der Waals surface area contributed by atoms with Crippen LogP contribution in [-0.2, 0) is 24.2 Å². The lowest BCUT2D eigenvalue weighted by molar-refractivity contribution is 0.100. The van der Waals surface area contributed by atoms with Gasteiger partial charge in [-0.1, -0.05) is 67.6 Å². The Kier molecular flexibility index (Phi) is 6.99. The first-order valence-electron chi connectivity index (χ1n) is 12.1. The number of anilines is 1. The van der Waals surface area contributed by atoms with Crippen molar-refractivity contribution in [2.24, 2.45) is 0 Å². The molecule has 5 aromatic rings. The Bertz CT molecular complexity index is 1590. The third-order valence-electron chi connectivity index (χ3n) is 6.55. The Labute approximate surface area is 218 Å². The highest BCUT2D eigenvalue weighted by Crippen LogP contribution is 2.33. The summed E-state index contributed by atoms with van der Waals surface area (Å²) in [4.78, 5) is 17.8. The fourth-order valence-corrected chi connectivity index (χ4v) is 5.20. The zero-order valence-corrected chi connectivity index (χ0v) is 21.5. The average molecular weight is 510 g/mol. The van der Waals surface area contributed by atoms with Crippen molar-refractivity contribution in [1.29, 1.82) is 0 Å². The third kappa shape index (κ3) is 4.83. The summed E-state index contributed by atoms with van der Waals surface area (Å²) >= 11 is -2.54. The molecule has 1 amide bonds. The van der Waals surface area contributed by atoms with E-state index < -0.39 is 17.2 Å². The first-order valence-corrected chi connectivity index (χ1v) is 13.2. The van der Waals surface area contributed by atoms with Gasteiger partial charge in [-0.25, -0.2) is 13.5 Å². The van der Waals surface area contributed by atoms with Gasteiger partial charge in [-0.15, -0.1) is 0 Å². The molecule has 1 atom stereocenters. The molecule has 0 radical (unpaired) electrons. The summed E-state index contributed by atoms with van der Waals surface area (Å²) in [5, 5.41) is 1.17. The molecule has 0 bridgehead atoms. The number of rotatable bonds is 7. The molecule has 5 rings (SSSR count). The Morgan fingerprint density at radius 1 is 0.973 bits per heavy atom. The second kappa shape index (κ2) is 10.5. The maximum Gasteiger partial charge on any atom is 0.272 e. The number of amides is 1. The molecule has 0 fully saturated rings. The van der Waals surface area contributed by atoms with Gasteiger partial charge in [-0.05, 0) is 60.4 Å². The molecule has 186 valence electrons. The van der Waals surface area contributed by atoms with Crippen LogP contribution in [0.2, 0.25) is 0 Å². The molecule has 0 aliphatic rings. The molecule has 7 heteroatoms. The molecule has 2 aromatic heterocycles. The standard InChI is InChI=1S/C30H27N3O3S/c1-3-25-19-27-21(2)17-18-31-29(27)32(25)20-22-13-15-23(16-14-22)26-11-7-8-12-28(26)33(37(35)36)30(34)24-9-5-4-6-10-24/h4-19H,3,20H2,1-2H3,(H,35,36). The smallest absolute Gasteiger partial charge is 0.272 e. The molecule has 1 unspecified atom stereocenters. The quantitative estimate of drug-likeness (QED) is 0.257. The van der Waals surface area contributed by atoms with Gasteiger partial charge in [0.05, 0.1) is 5.69 Å². The number of carbonyl (C=O) groups excluding carboxylic acids is 1. The van der Waals surface area contributed by atoms with Crippen molar-refractivity contribution in [3.63, 3.8) is 0 Å². The minimum Gasteiger partial charge on any atom is -0.325 e. The van der Waals surface area contributed by atoms with Crippen molar-refractivity contribution in [2.75, 3.05) is 4.31 Å². The minimum absolute atomic E-state index is 0.338. The van der Waals surface area contributed by atoms with Crippen LogP contribution in [0.25, 0.3) is 22.2 Å². The van der Waals surface area contributed by atoms with Gasteiger partial charge in [0, 0.05) is 34.9 Å². The van der Waals surface area contributed by atoms with Gasteiger partial charge in [0.2, 0.25) is 0 Å². The van der Waals surface area contributed by atoms with E-state index in [2.05, 4.69) is 29.5 Å². The van der Waals surface area contributed by atoms with Crippen LogP contribution >= 0.6 is 0 Å². The fraction of sp³-hybridized carbons (Fsp3) is 0.133. The number of aryl methyl sites for hydroxylation is 2. The summed E-state index contributed by atoms with van der Waals surface area (Å²) in [6, 6.07) is 28.0. The Morgan fingerprint density at radius 2 is 1.68 bits per heavy atom. The minimum atomic E-state index is -2.54. The summed E-state index contributed by atoms with van der Waals surface area (Å²) in [5.41, 5.74) is 6.77. The number of hydrogen-bond donors (Lipinski definition) is 1. The second-order valence-electron chi connectivity index (χ2n) is 8.85. The van der Waals surface area contributed by atoms with Crippen LogP contribution in [0.4, 0.5) is 5.69 Å². The number of pyridine rings is 1. The topological polar surface area (TPSA) is 75.4 Å². The van der Waals surface area contributed by atoms with Crippen molar-refractivity contribution >= 4 is 33.9 Å². The van der Waals surface area contributed by atoms with Crippen molar-refractivity contribution in [3.8, 4) is 11.1 Å². The molecule has 1 N–H and O–H groups in total. The van der Waals surface area contributed by atoms with E-state index in [0.29, 0.717) is 23.4 Å². The van der Waals surface area contributed by atoms with Crippen LogP contribution in [0.5, 0.6) is 0 Å². The maximum atomic E-state index is 13.2. The van der Waals surface area contributed by atoms with Gasteiger partial charge in [0.1, 0.15) is 5.65 Å². The molecule has 6 nitrogen and oxygen atoms in total. The van der Waals surface area contributed by atoms with Crippen LogP contribution in [-0.4, -0.2) is 24.2 Å². The number of benzene rings is 3. The second-order valence-corrected chi connectivity index (χ2v) is 9.68. The highest BCUT2D eigenvalue weighted by Gasteiger charge is 2.25. The Morgan fingerprint density at radius 3 is 2.38 bits per heavy atom. The van der Waals surface area contributed by atoms with Gasteiger partial charge >= 0.3 is 0 Å². The number of para-hydroxylation sites is 1. The zero-order chi connectivity index (χ0) is 25.9. The van der Waals surface area contributed by atoms with Crippen LogP contribution in [0.15, 0.2) is 97.2 Å². The lowest BCUT2D eigenvalue weighted by Crippen LogP contribution is -2.32. The van der Waals surface area contributed by atoms with Crippen LogP contribution in [0.1, 0.15) is 34.1 Å². The van der Waals surface area contributed by atoms with E-state index in [0.717, 1.165) is 27.5 Å². The number of carbonyl (C=O) groups is 1. The SMILES string of the molecule is CCc1cc2c(C)ccnc2n1Cc1ccc(-c2ccccc2N(C(=O)c2ccccc2)S(=O)O)cc1. The molecule has 2 heterocycles. The van der Waals surface area contributed by atoms with Gasteiger partial charge < -0.3 is 4.57 Å². The van der Waals surface area contributed by atoms with Gasteiger partial charge in [-0.3, -0.25) is 9.35 Å². The molecular formula is C30H27N3O3S. The molecule has 3 aromatic carbocycles. The lowest BCUT2D eigenvalue weighted by atomic mass is 10.0. The Hall–Kier alpha value is -4.07. The van der Waals surface area contributed by atoms with Gasteiger partial charge in [-0.2, -0.15) is 0 Å². The van der Waals surface area contributed by atoms with Crippen molar-refractivity contribution in [2.45, 2.75) is 26.8 Å². The number of aromatic nitrogens is 2. The summed E-state index contributed by atoms with van der Waals surface area (Å²) in [6.45, 7) is 4.93. The summed E-state index contributed by atoms with van der Waals surface area (Å²) in [7, 11) is 0. The van der Waals surface area contributed by atoms with E-state index in [9.17, 15) is 13.6 Å². The van der Waals surface area contributed by atoms with E-state index >= 15 is 0 Å². The Balaban J connectivity index is 1.49. The van der Waals surface area contributed by atoms with Crippen molar-refractivity contribution < 1.29 is 13.6 Å².